The Kier molecular flexibility index (Phi) is 8.31. The van der Waals surface area contributed by atoms with Gasteiger partial charge in [-0.1, -0.05) is 6.07 Å². The lowest BCUT2D eigenvalue weighted by atomic mass is 10.1. The molecule has 2 fully saturated rings. The molecule has 2 aromatic carbocycles. The number of hydrogen-bond acceptors (Lipinski definition) is 7. The molecule has 0 aliphatic carbocycles. The molecule has 1 atom stereocenters. The minimum atomic E-state index is -0.486. The van der Waals surface area contributed by atoms with E-state index in [9.17, 15) is 14.0 Å². The Hall–Kier alpha value is -4.05. The number of nitrogens with zero attached hydrogens (tertiary/aromatic N) is 5. The Morgan fingerprint density at radius 2 is 1.85 bits per heavy atom. The molecular weight excluding hydrogens is 501 g/mol. The summed E-state index contributed by atoms with van der Waals surface area (Å²) in [5, 5.41) is 8.79. The Bertz CT molecular complexity index is 1270. The van der Waals surface area contributed by atoms with E-state index in [2.05, 4.69) is 15.1 Å². The fourth-order valence-corrected chi connectivity index (χ4v) is 4.92. The van der Waals surface area contributed by atoms with Crippen LogP contribution in [0.5, 0.6) is 5.75 Å². The summed E-state index contributed by atoms with van der Waals surface area (Å²) < 4.78 is 24.7. The van der Waals surface area contributed by atoms with Gasteiger partial charge in [0.15, 0.2) is 5.82 Å². The van der Waals surface area contributed by atoms with E-state index >= 15 is 0 Å². The lowest BCUT2D eigenvalue weighted by Gasteiger charge is -2.36. The maximum atomic E-state index is 13.8. The summed E-state index contributed by atoms with van der Waals surface area (Å²) in [7, 11) is 1.63. The first-order valence-corrected chi connectivity index (χ1v) is 13.2. The minimum absolute atomic E-state index is 0.0778. The third kappa shape index (κ3) is 6.51. The number of carbonyl (C=O) groups is 2. The van der Waals surface area contributed by atoms with Gasteiger partial charge in [0.1, 0.15) is 18.1 Å². The molecule has 204 valence electrons. The second kappa shape index (κ2) is 12.2. The highest BCUT2D eigenvalue weighted by atomic mass is 19.1. The number of carbonyl (C=O) groups excluding carboxylic acids is 2. The van der Waals surface area contributed by atoms with Crippen molar-refractivity contribution >= 4 is 17.6 Å². The number of piperazine rings is 1. The lowest BCUT2D eigenvalue weighted by molar-refractivity contribution is -0.132. The number of methoxy groups -OCH3 is 1. The van der Waals surface area contributed by atoms with Gasteiger partial charge in [-0.2, -0.15) is 0 Å². The summed E-state index contributed by atoms with van der Waals surface area (Å²) >= 11 is 0. The summed E-state index contributed by atoms with van der Waals surface area (Å²) in [5.74, 6) is 0.535. The first-order chi connectivity index (χ1) is 19.0. The van der Waals surface area contributed by atoms with Crippen LogP contribution in [0.4, 0.5) is 10.2 Å². The third-order valence-electron chi connectivity index (χ3n) is 7.13. The van der Waals surface area contributed by atoms with E-state index in [-0.39, 0.29) is 30.0 Å². The molecule has 2 amide bonds. The third-order valence-corrected chi connectivity index (χ3v) is 7.13. The van der Waals surface area contributed by atoms with Gasteiger partial charge in [-0.05, 0) is 67.4 Å². The van der Waals surface area contributed by atoms with Crippen LogP contribution in [0, 0.1) is 5.82 Å². The molecule has 0 saturated carbocycles. The predicted molar refractivity (Wildman–Crippen MR) is 144 cm³/mol. The topological polar surface area (TPSA) is 88.1 Å². The average Bonchev–Trinajstić information content (AvgIpc) is 3.50. The van der Waals surface area contributed by atoms with E-state index in [0.29, 0.717) is 39.3 Å². The quantitative estimate of drug-likeness (QED) is 0.439. The molecule has 0 spiro atoms. The van der Waals surface area contributed by atoms with Crippen molar-refractivity contribution in [3.8, 4) is 17.0 Å². The SMILES string of the molecule is COc1ccc(-c2ccc(N3CCN(C(=O)CN(C[C@H]4CCCO4)C(=O)c4cccc(F)c4)CC3)nn2)cc1. The molecule has 0 radical (unpaired) electrons. The van der Waals surface area contributed by atoms with Crippen LogP contribution >= 0.6 is 0 Å². The van der Waals surface area contributed by atoms with Crippen molar-refractivity contribution in [1.29, 1.82) is 0 Å². The van der Waals surface area contributed by atoms with E-state index < -0.39 is 5.82 Å². The Morgan fingerprint density at radius 1 is 1.05 bits per heavy atom. The average molecular weight is 534 g/mol. The molecule has 2 aliphatic rings. The number of halogens is 1. The molecule has 0 unspecified atom stereocenters. The molecule has 9 nitrogen and oxygen atoms in total. The van der Waals surface area contributed by atoms with Crippen LogP contribution in [0.25, 0.3) is 11.3 Å². The first-order valence-electron chi connectivity index (χ1n) is 13.2. The van der Waals surface area contributed by atoms with Gasteiger partial charge in [0.2, 0.25) is 5.91 Å². The molecule has 2 saturated heterocycles. The number of aromatic nitrogens is 2. The van der Waals surface area contributed by atoms with Crippen molar-refractivity contribution in [2.45, 2.75) is 18.9 Å². The van der Waals surface area contributed by atoms with Gasteiger partial charge in [0.05, 0.1) is 18.9 Å². The van der Waals surface area contributed by atoms with Gasteiger partial charge < -0.3 is 24.2 Å². The van der Waals surface area contributed by atoms with Gasteiger partial charge in [-0.3, -0.25) is 9.59 Å². The van der Waals surface area contributed by atoms with Crippen LogP contribution in [-0.4, -0.2) is 90.9 Å². The minimum Gasteiger partial charge on any atom is -0.497 e. The molecule has 3 heterocycles. The van der Waals surface area contributed by atoms with Gasteiger partial charge in [0, 0.05) is 50.5 Å². The largest absolute Gasteiger partial charge is 0.497 e. The standard InChI is InChI=1S/C29H32FN5O4/c1-38-24-9-7-21(8-10-24)26-11-12-27(32-31-26)33-13-15-34(16-14-33)28(36)20-35(19-25-6-3-17-39-25)29(37)22-4-2-5-23(30)18-22/h2,4-5,7-12,18,25H,3,6,13-17,19-20H2,1H3/t25-/m1/s1. The van der Waals surface area contributed by atoms with Crippen LogP contribution in [0.2, 0.25) is 0 Å². The number of ether oxygens (including phenoxy) is 2. The Balaban J connectivity index is 1.19. The van der Waals surface area contributed by atoms with Crippen molar-refractivity contribution in [3.05, 3.63) is 72.0 Å². The van der Waals surface area contributed by atoms with Crippen molar-refractivity contribution < 1.29 is 23.5 Å². The second-order valence-corrected chi connectivity index (χ2v) is 9.70. The van der Waals surface area contributed by atoms with Crippen LogP contribution in [0.1, 0.15) is 23.2 Å². The van der Waals surface area contributed by atoms with Gasteiger partial charge in [0.25, 0.3) is 5.91 Å². The number of hydrogen-bond donors (Lipinski definition) is 0. The van der Waals surface area contributed by atoms with E-state index in [4.69, 9.17) is 9.47 Å². The van der Waals surface area contributed by atoms with E-state index in [1.54, 1.807) is 18.1 Å². The van der Waals surface area contributed by atoms with Crippen molar-refractivity contribution in [1.82, 2.24) is 20.0 Å². The van der Waals surface area contributed by atoms with Gasteiger partial charge >= 0.3 is 0 Å². The van der Waals surface area contributed by atoms with Gasteiger partial charge in [-0.15, -0.1) is 10.2 Å². The molecule has 0 bridgehead atoms. The van der Waals surface area contributed by atoms with Crippen molar-refractivity contribution in [2.75, 3.05) is 57.9 Å². The monoisotopic (exact) mass is 533 g/mol. The molecular formula is C29H32FN5O4. The zero-order valence-electron chi connectivity index (χ0n) is 22.0. The second-order valence-electron chi connectivity index (χ2n) is 9.70. The van der Waals surface area contributed by atoms with E-state index in [0.717, 1.165) is 35.7 Å². The summed E-state index contributed by atoms with van der Waals surface area (Å²) in [4.78, 5) is 31.8. The number of anilines is 1. The predicted octanol–water partition coefficient (Wildman–Crippen LogP) is 3.26. The van der Waals surface area contributed by atoms with Crippen LogP contribution in [0.15, 0.2) is 60.7 Å². The lowest BCUT2D eigenvalue weighted by Crippen LogP contribution is -2.52. The highest BCUT2D eigenvalue weighted by Crippen LogP contribution is 2.22. The van der Waals surface area contributed by atoms with E-state index in [1.165, 1.54) is 23.1 Å². The molecule has 0 N–H and O–H groups in total. The highest BCUT2D eigenvalue weighted by molar-refractivity contribution is 5.96. The van der Waals surface area contributed by atoms with Crippen molar-refractivity contribution in [2.24, 2.45) is 0 Å². The van der Waals surface area contributed by atoms with Crippen LogP contribution in [0.3, 0.4) is 0 Å². The summed E-state index contributed by atoms with van der Waals surface area (Å²) in [6, 6.07) is 17.1. The van der Waals surface area contributed by atoms with Crippen LogP contribution < -0.4 is 9.64 Å². The van der Waals surface area contributed by atoms with Gasteiger partial charge in [-0.25, -0.2) is 4.39 Å². The van der Waals surface area contributed by atoms with Crippen molar-refractivity contribution in [3.63, 3.8) is 0 Å². The maximum Gasteiger partial charge on any atom is 0.254 e. The highest BCUT2D eigenvalue weighted by Gasteiger charge is 2.29. The maximum absolute atomic E-state index is 13.8. The zero-order valence-corrected chi connectivity index (χ0v) is 22.0. The van der Waals surface area contributed by atoms with Crippen LogP contribution in [-0.2, 0) is 9.53 Å². The fourth-order valence-electron chi connectivity index (χ4n) is 4.92. The zero-order chi connectivity index (χ0) is 27.2. The summed E-state index contributed by atoms with van der Waals surface area (Å²) in [6.07, 6.45) is 1.64. The smallest absolute Gasteiger partial charge is 0.254 e. The summed E-state index contributed by atoms with van der Waals surface area (Å²) in [6.45, 7) is 3.08. The molecule has 10 heteroatoms. The normalized spacial score (nSPS) is 17.2. The fraction of sp³-hybridized carbons (Fsp3) is 0.379. The number of amides is 2. The Morgan fingerprint density at radius 3 is 2.49 bits per heavy atom. The summed E-state index contributed by atoms with van der Waals surface area (Å²) in [5.41, 5.74) is 1.94. The Labute approximate surface area is 227 Å². The number of benzene rings is 2. The molecule has 2 aliphatic heterocycles. The first kappa shape index (κ1) is 26.6. The number of rotatable bonds is 8. The molecule has 5 rings (SSSR count). The molecule has 39 heavy (non-hydrogen) atoms. The molecule has 1 aromatic heterocycles. The van der Waals surface area contributed by atoms with E-state index in [1.807, 2.05) is 36.4 Å². The molecule has 3 aromatic rings.